The summed E-state index contributed by atoms with van der Waals surface area (Å²) in [6, 6.07) is 12.9. The van der Waals surface area contributed by atoms with E-state index in [1.165, 1.54) is 10.6 Å². The number of thiophene rings is 1. The highest BCUT2D eigenvalue weighted by molar-refractivity contribution is 14.0. The maximum atomic E-state index is 5.69. The molecule has 1 aromatic carbocycles. The summed E-state index contributed by atoms with van der Waals surface area (Å²) in [6.07, 6.45) is 2.02. The molecule has 6 nitrogen and oxygen atoms in total. The summed E-state index contributed by atoms with van der Waals surface area (Å²) in [5, 5.41) is 7.21. The Kier molecular flexibility index (Phi) is 8.85. The fourth-order valence-electron chi connectivity index (χ4n) is 4.44. The normalized spacial score (nSPS) is 19.0. The van der Waals surface area contributed by atoms with Crippen molar-refractivity contribution >= 4 is 46.3 Å². The largest absolute Gasteiger partial charge is 0.497 e. The first-order valence-corrected chi connectivity index (χ1v) is 11.6. The Morgan fingerprint density at radius 2 is 1.84 bits per heavy atom. The van der Waals surface area contributed by atoms with Crippen molar-refractivity contribution < 1.29 is 9.47 Å². The van der Waals surface area contributed by atoms with Gasteiger partial charge in [-0.2, -0.15) is 0 Å². The van der Waals surface area contributed by atoms with Crippen molar-refractivity contribution in [3.05, 3.63) is 47.3 Å². The molecule has 8 heteroatoms. The predicted molar refractivity (Wildman–Crippen MR) is 140 cm³/mol. The van der Waals surface area contributed by atoms with Gasteiger partial charge in [0.25, 0.3) is 0 Å². The van der Waals surface area contributed by atoms with Crippen LogP contribution in [0.2, 0.25) is 0 Å². The van der Waals surface area contributed by atoms with Crippen LogP contribution in [0.5, 0.6) is 5.75 Å². The molecule has 2 aromatic rings. The molecule has 2 saturated heterocycles. The summed E-state index contributed by atoms with van der Waals surface area (Å²) < 4.78 is 11.0. The minimum Gasteiger partial charge on any atom is -0.497 e. The zero-order valence-electron chi connectivity index (χ0n) is 18.4. The topological polar surface area (TPSA) is 49.3 Å². The molecule has 0 unspecified atom stereocenters. The molecule has 0 aliphatic carbocycles. The zero-order chi connectivity index (χ0) is 20.8. The van der Waals surface area contributed by atoms with Crippen LogP contribution in [0.15, 0.2) is 46.8 Å². The summed E-state index contributed by atoms with van der Waals surface area (Å²) in [7, 11) is 3.60. The van der Waals surface area contributed by atoms with Gasteiger partial charge >= 0.3 is 0 Å². The van der Waals surface area contributed by atoms with E-state index in [-0.39, 0.29) is 29.4 Å². The minimum absolute atomic E-state index is 0. The second kappa shape index (κ2) is 11.4. The number of methoxy groups -OCH3 is 1. The van der Waals surface area contributed by atoms with Gasteiger partial charge in [0, 0.05) is 58.4 Å². The highest BCUT2D eigenvalue weighted by Crippen LogP contribution is 2.35. The lowest BCUT2D eigenvalue weighted by Gasteiger charge is -2.41. The number of benzene rings is 1. The highest BCUT2D eigenvalue weighted by atomic mass is 127. The Labute approximate surface area is 206 Å². The molecule has 4 rings (SSSR count). The SMILES string of the molecule is CN=C(NCC1(c2ccc(OC)cc2)CCOCC1)N1CCN(c2cccs2)CC1.I. The minimum atomic E-state index is 0. The molecule has 1 aromatic heterocycles. The van der Waals surface area contributed by atoms with Crippen molar-refractivity contribution in [3.63, 3.8) is 0 Å². The maximum absolute atomic E-state index is 5.69. The molecule has 0 amide bonds. The van der Waals surface area contributed by atoms with Gasteiger partial charge in [-0.15, -0.1) is 35.3 Å². The van der Waals surface area contributed by atoms with Crippen LogP contribution in [-0.2, 0) is 10.2 Å². The van der Waals surface area contributed by atoms with Gasteiger partial charge in [-0.25, -0.2) is 0 Å². The molecule has 170 valence electrons. The van der Waals surface area contributed by atoms with Crippen molar-refractivity contribution in [2.24, 2.45) is 4.99 Å². The quantitative estimate of drug-likeness (QED) is 0.345. The third kappa shape index (κ3) is 5.64. The third-order valence-electron chi connectivity index (χ3n) is 6.35. The number of anilines is 1. The number of rotatable bonds is 5. The van der Waals surface area contributed by atoms with Crippen molar-refractivity contribution in [1.29, 1.82) is 0 Å². The fraction of sp³-hybridized carbons (Fsp3) is 0.522. The van der Waals surface area contributed by atoms with E-state index in [1.807, 2.05) is 18.4 Å². The summed E-state index contributed by atoms with van der Waals surface area (Å²) in [4.78, 5) is 9.44. The molecule has 0 saturated carbocycles. The van der Waals surface area contributed by atoms with Gasteiger partial charge in [0.15, 0.2) is 5.96 Å². The summed E-state index contributed by atoms with van der Waals surface area (Å²) in [6.45, 7) is 6.47. The van der Waals surface area contributed by atoms with Crippen LogP contribution in [-0.4, -0.2) is 71.0 Å². The van der Waals surface area contributed by atoms with E-state index in [0.29, 0.717) is 0 Å². The molecule has 2 aliphatic heterocycles. The number of ether oxygens (including phenoxy) is 2. The molecule has 31 heavy (non-hydrogen) atoms. The van der Waals surface area contributed by atoms with Crippen molar-refractivity contribution in [2.75, 3.05) is 65.0 Å². The molecule has 0 spiro atoms. The standard InChI is InChI=1S/C23H32N4O2S.HI/c1-24-22(27-13-11-26(12-14-27)21-4-3-17-30-21)25-18-23(9-15-29-16-10-23)19-5-7-20(28-2)8-6-19;/h3-8,17H,9-16,18H2,1-2H3,(H,24,25);1H. The van der Waals surface area contributed by atoms with Gasteiger partial charge in [-0.1, -0.05) is 12.1 Å². The number of halogens is 1. The lowest BCUT2D eigenvalue weighted by atomic mass is 9.74. The molecule has 0 radical (unpaired) electrons. The van der Waals surface area contributed by atoms with Crippen LogP contribution in [0.25, 0.3) is 0 Å². The summed E-state index contributed by atoms with van der Waals surface area (Å²) >= 11 is 1.81. The van der Waals surface area contributed by atoms with Gasteiger partial charge in [0.1, 0.15) is 5.75 Å². The third-order valence-corrected chi connectivity index (χ3v) is 7.28. The average Bonchev–Trinajstić information content (AvgIpc) is 3.36. The van der Waals surface area contributed by atoms with Crippen LogP contribution >= 0.6 is 35.3 Å². The molecule has 3 heterocycles. The van der Waals surface area contributed by atoms with Gasteiger partial charge in [0.05, 0.1) is 12.1 Å². The van der Waals surface area contributed by atoms with Gasteiger partial charge in [0.2, 0.25) is 0 Å². The van der Waals surface area contributed by atoms with Crippen LogP contribution in [0, 0.1) is 0 Å². The monoisotopic (exact) mass is 556 g/mol. The van der Waals surface area contributed by atoms with Gasteiger partial charge in [-0.05, 0) is 48.1 Å². The summed E-state index contributed by atoms with van der Waals surface area (Å²) in [5.41, 5.74) is 1.40. The first-order chi connectivity index (χ1) is 14.7. The Hall–Kier alpha value is -1.52. The van der Waals surface area contributed by atoms with Crippen LogP contribution in [0.4, 0.5) is 5.00 Å². The van der Waals surface area contributed by atoms with E-state index in [1.54, 1.807) is 7.11 Å². The van der Waals surface area contributed by atoms with Crippen LogP contribution in [0.3, 0.4) is 0 Å². The zero-order valence-corrected chi connectivity index (χ0v) is 21.5. The second-order valence-corrected chi connectivity index (χ2v) is 8.87. The van der Waals surface area contributed by atoms with Gasteiger partial charge in [-0.3, -0.25) is 4.99 Å². The smallest absolute Gasteiger partial charge is 0.193 e. The lowest BCUT2D eigenvalue weighted by Crippen LogP contribution is -2.54. The van der Waals surface area contributed by atoms with E-state index in [0.717, 1.165) is 70.5 Å². The van der Waals surface area contributed by atoms with Crippen molar-refractivity contribution in [3.8, 4) is 5.75 Å². The number of piperazine rings is 1. The van der Waals surface area contributed by atoms with E-state index in [2.05, 4.69) is 61.9 Å². The Morgan fingerprint density at radius 1 is 1.13 bits per heavy atom. The maximum Gasteiger partial charge on any atom is 0.193 e. The fourth-order valence-corrected chi connectivity index (χ4v) is 5.23. The van der Waals surface area contributed by atoms with E-state index >= 15 is 0 Å². The lowest BCUT2D eigenvalue weighted by molar-refractivity contribution is 0.0511. The molecule has 2 aliphatic rings. The van der Waals surface area contributed by atoms with E-state index in [4.69, 9.17) is 9.47 Å². The molecular weight excluding hydrogens is 523 g/mol. The Bertz CT molecular complexity index is 815. The first-order valence-electron chi connectivity index (χ1n) is 10.7. The molecular formula is C23H33IN4O2S. The number of hydrogen-bond acceptors (Lipinski definition) is 5. The van der Waals surface area contributed by atoms with Crippen LogP contribution in [0.1, 0.15) is 18.4 Å². The molecule has 1 N–H and O–H groups in total. The van der Waals surface area contributed by atoms with Crippen molar-refractivity contribution in [2.45, 2.75) is 18.3 Å². The molecule has 0 bridgehead atoms. The molecule has 0 atom stereocenters. The second-order valence-electron chi connectivity index (χ2n) is 7.95. The predicted octanol–water partition coefficient (Wildman–Crippen LogP) is 3.82. The average molecular weight is 557 g/mol. The Balaban J connectivity index is 0.00000272. The molecule has 2 fully saturated rings. The number of guanidine groups is 1. The summed E-state index contributed by atoms with van der Waals surface area (Å²) in [5.74, 6) is 1.90. The van der Waals surface area contributed by atoms with E-state index < -0.39 is 0 Å². The highest BCUT2D eigenvalue weighted by Gasteiger charge is 2.35. The first kappa shape index (κ1) is 24.1. The number of aliphatic imine (C=N–C) groups is 1. The van der Waals surface area contributed by atoms with Crippen molar-refractivity contribution in [1.82, 2.24) is 10.2 Å². The number of nitrogens with one attached hydrogen (secondary N) is 1. The Morgan fingerprint density at radius 3 is 2.42 bits per heavy atom. The van der Waals surface area contributed by atoms with Crippen LogP contribution < -0.4 is 15.0 Å². The van der Waals surface area contributed by atoms with Gasteiger partial charge < -0.3 is 24.6 Å². The number of hydrogen-bond donors (Lipinski definition) is 1. The number of nitrogens with zero attached hydrogens (tertiary/aromatic N) is 3. The van der Waals surface area contributed by atoms with E-state index in [9.17, 15) is 0 Å².